The molecule has 0 bridgehead atoms. The van der Waals surface area contributed by atoms with E-state index in [-0.39, 0.29) is 5.75 Å². The number of hydrogen-bond donors (Lipinski definition) is 1. The lowest BCUT2D eigenvalue weighted by molar-refractivity contribution is 0.475. The highest BCUT2D eigenvalue weighted by molar-refractivity contribution is 7.15. The first-order valence-corrected chi connectivity index (χ1v) is 7.29. The van der Waals surface area contributed by atoms with Crippen LogP contribution in [0, 0.1) is 6.92 Å². The molecule has 2 heterocycles. The van der Waals surface area contributed by atoms with Crippen LogP contribution in [0.3, 0.4) is 0 Å². The molecule has 1 aromatic carbocycles. The van der Waals surface area contributed by atoms with Crippen LogP contribution in [0.25, 0.3) is 21.1 Å². The fraction of sp³-hybridized carbons (Fsp3) is 0.0714. The fourth-order valence-electron chi connectivity index (χ4n) is 1.75. The van der Waals surface area contributed by atoms with Gasteiger partial charge in [0.15, 0.2) is 0 Å². The smallest absolute Gasteiger partial charge is 0.124 e. The van der Waals surface area contributed by atoms with E-state index in [4.69, 9.17) is 0 Å². The summed E-state index contributed by atoms with van der Waals surface area (Å²) in [6.45, 7) is 2.10. The average molecular weight is 273 g/mol. The predicted octanol–water partition coefficient (Wildman–Crippen LogP) is 4.55. The number of aromatic hydroxyl groups is 1. The van der Waals surface area contributed by atoms with Gasteiger partial charge in [-0.25, -0.2) is 4.98 Å². The zero-order chi connectivity index (χ0) is 12.5. The summed E-state index contributed by atoms with van der Waals surface area (Å²) in [5.74, 6) is 0.282. The largest absolute Gasteiger partial charge is 0.508 e. The molecular formula is C14H11NOS2. The first kappa shape index (κ1) is 11.4. The third-order valence-electron chi connectivity index (χ3n) is 2.71. The number of thiophene rings is 1. The van der Waals surface area contributed by atoms with Gasteiger partial charge in [0.2, 0.25) is 0 Å². The van der Waals surface area contributed by atoms with Crippen LogP contribution >= 0.6 is 22.7 Å². The molecule has 0 aliphatic heterocycles. The Balaban J connectivity index is 1.99. The topological polar surface area (TPSA) is 33.1 Å². The molecule has 90 valence electrons. The summed E-state index contributed by atoms with van der Waals surface area (Å²) in [5, 5.41) is 14.4. The van der Waals surface area contributed by atoms with Crippen LogP contribution in [0.1, 0.15) is 5.56 Å². The average Bonchev–Trinajstić information content (AvgIpc) is 2.98. The standard InChI is InChI=1S/C14H11NOS2/c1-9-6-7-17-13(9)12-8-18-14(15-12)10-2-4-11(16)5-3-10/h2-8,16H,1H3. The minimum atomic E-state index is 0.282. The predicted molar refractivity (Wildman–Crippen MR) is 77.3 cm³/mol. The highest BCUT2D eigenvalue weighted by Crippen LogP contribution is 2.33. The number of phenolic OH excluding ortho intramolecular Hbond substituents is 1. The zero-order valence-corrected chi connectivity index (χ0v) is 11.4. The second kappa shape index (κ2) is 4.55. The molecule has 4 heteroatoms. The van der Waals surface area contributed by atoms with Gasteiger partial charge in [0.25, 0.3) is 0 Å². The van der Waals surface area contributed by atoms with Crippen molar-refractivity contribution < 1.29 is 5.11 Å². The van der Waals surface area contributed by atoms with Crippen LogP contribution in [0.5, 0.6) is 5.75 Å². The van der Waals surface area contributed by atoms with Gasteiger partial charge in [-0.05, 0) is 48.2 Å². The summed E-state index contributed by atoms with van der Waals surface area (Å²) in [6.07, 6.45) is 0. The van der Waals surface area contributed by atoms with Gasteiger partial charge in [0, 0.05) is 10.9 Å². The van der Waals surface area contributed by atoms with E-state index in [9.17, 15) is 5.11 Å². The maximum absolute atomic E-state index is 9.28. The number of aromatic nitrogens is 1. The summed E-state index contributed by atoms with van der Waals surface area (Å²) in [7, 11) is 0. The van der Waals surface area contributed by atoms with Gasteiger partial charge in [-0.1, -0.05) is 0 Å². The molecule has 0 fully saturated rings. The van der Waals surface area contributed by atoms with Crippen molar-refractivity contribution in [3.63, 3.8) is 0 Å². The first-order valence-electron chi connectivity index (χ1n) is 5.53. The molecule has 0 atom stereocenters. The summed E-state index contributed by atoms with van der Waals surface area (Å²) in [6, 6.07) is 9.26. The summed E-state index contributed by atoms with van der Waals surface area (Å²) in [5.41, 5.74) is 3.34. The van der Waals surface area contributed by atoms with E-state index in [2.05, 4.69) is 28.7 Å². The summed E-state index contributed by atoms with van der Waals surface area (Å²) >= 11 is 3.35. The Morgan fingerprint density at radius 1 is 1.06 bits per heavy atom. The Labute approximate surface area is 113 Å². The summed E-state index contributed by atoms with van der Waals surface area (Å²) in [4.78, 5) is 5.89. The molecule has 0 unspecified atom stereocenters. The quantitative estimate of drug-likeness (QED) is 0.743. The lowest BCUT2D eigenvalue weighted by atomic mass is 10.2. The van der Waals surface area contributed by atoms with E-state index in [1.165, 1.54) is 10.4 Å². The van der Waals surface area contributed by atoms with Crippen LogP contribution in [-0.4, -0.2) is 10.1 Å². The minimum Gasteiger partial charge on any atom is -0.508 e. The Morgan fingerprint density at radius 2 is 1.83 bits per heavy atom. The van der Waals surface area contributed by atoms with Gasteiger partial charge >= 0.3 is 0 Å². The van der Waals surface area contributed by atoms with Crippen LogP contribution in [0.15, 0.2) is 41.1 Å². The molecule has 0 saturated carbocycles. The van der Waals surface area contributed by atoms with Crippen molar-refractivity contribution in [2.24, 2.45) is 0 Å². The third-order valence-corrected chi connectivity index (χ3v) is 4.64. The molecule has 3 rings (SSSR count). The van der Waals surface area contributed by atoms with Gasteiger partial charge in [-0.3, -0.25) is 0 Å². The number of benzene rings is 1. The molecule has 0 aliphatic rings. The van der Waals surface area contributed by atoms with Crippen molar-refractivity contribution in [1.82, 2.24) is 4.98 Å². The fourth-order valence-corrected chi connectivity index (χ4v) is 3.53. The molecular weight excluding hydrogens is 262 g/mol. The molecule has 0 aliphatic carbocycles. The SMILES string of the molecule is Cc1ccsc1-c1csc(-c2ccc(O)cc2)n1. The van der Waals surface area contributed by atoms with E-state index in [0.717, 1.165) is 16.3 Å². The molecule has 0 spiro atoms. The van der Waals surface area contributed by atoms with Gasteiger partial charge in [-0.15, -0.1) is 22.7 Å². The van der Waals surface area contributed by atoms with E-state index in [1.54, 1.807) is 34.8 Å². The maximum Gasteiger partial charge on any atom is 0.124 e. The molecule has 0 amide bonds. The number of rotatable bonds is 2. The van der Waals surface area contributed by atoms with Crippen molar-refractivity contribution in [3.8, 4) is 26.9 Å². The maximum atomic E-state index is 9.28. The number of aryl methyl sites for hydroxylation is 1. The highest BCUT2D eigenvalue weighted by Gasteiger charge is 2.09. The van der Waals surface area contributed by atoms with Crippen LogP contribution in [0.4, 0.5) is 0 Å². The molecule has 3 aromatic rings. The molecule has 2 nitrogen and oxygen atoms in total. The second-order valence-electron chi connectivity index (χ2n) is 4.02. The third kappa shape index (κ3) is 2.05. The minimum absolute atomic E-state index is 0.282. The normalized spacial score (nSPS) is 10.7. The van der Waals surface area contributed by atoms with Crippen molar-refractivity contribution in [2.75, 3.05) is 0 Å². The lowest BCUT2D eigenvalue weighted by Crippen LogP contribution is -1.78. The lowest BCUT2D eigenvalue weighted by Gasteiger charge is -1.96. The molecule has 2 aromatic heterocycles. The van der Waals surface area contributed by atoms with Crippen molar-refractivity contribution in [1.29, 1.82) is 0 Å². The highest BCUT2D eigenvalue weighted by atomic mass is 32.1. The molecule has 0 saturated heterocycles. The van der Waals surface area contributed by atoms with Gasteiger partial charge in [0.1, 0.15) is 10.8 Å². The Bertz CT molecular complexity index is 667. The van der Waals surface area contributed by atoms with Crippen molar-refractivity contribution in [2.45, 2.75) is 6.92 Å². The number of nitrogens with zero attached hydrogens (tertiary/aromatic N) is 1. The van der Waals surface area contributed by atoms with Crippen LogP contribution in [0.2, 0.25) is 0 Å². The first-order chi connectivity index (χ1) is 8.74. The van der Waals surface area contributed by atoms with Gasteiger partial charge in [0.05, 0.1) is 10.6 Å². The molecule has 18 heavy (non-hydrogen) atoms. The van der Waals surface area contributed by atoms with E-state index in [0.29, 0.717) is 0 Å². The number of thiazole rings is 1. The van der Waals surface area contributed by atoms with Crippen LogP contribution < -0.4 is 0 Å². The molecule has 1 N–H and O–H groups in total. The van der Waals surface area contributed by atoms with Crippen molar-refractivity contribution >= 4 is 22.7 Å². The van der Waals surface area contributed by atoms with E-state index < -0.39 is 0 Å². The monoisotopic (exact) mass is 273 g/mol. The van der Waals surface area contributed by atoms with Gasteiger partial charge in [-0.2, -0.15) is 0 Å². The molecule has 0 radical (unpaired) electrons. The Hall–Kier alpha value is -1.65. The number of phenols is 1. The van der Waals surface area contributed by atoms with Crippen LogP contribution in [-0.2, 0) is 0 Å². The Morgan fingerprint density at radius 3 is 2.50 bits per heavy atom. The van der Waals surface area contributed by atoms with Gasteiger partial charge < -0.3 is 5.11 Å². The summed E-state index contributed by atoms with van der Waals surface area (Å²) < 4.78 is 0. The Kier molecular flexibility index (Phi) is 2.89. The van der Waals surface area contributed by atoms with E-state index >= 15 is 0 Å². The van der Waals surface area contributed by atoms with Crippen molar-refractivity contribution in [3.05, 3.63) is 46.7 Å². The second-order valence-corrected chi connectivity index (χ2v) is 5.79. The zero-order valence-electron chi connectivity index (χ0n) is 9.75. The van der Waals surface area contributed by atoms with E-state index in [1.807, 2.05) is 12.1 Å². The number of hydrogen-bond acceptors (Lipinski definition) is 4.